The molecular weight excluding hydrogens is 204 g/mol. The lowest BCUT2D eigenvalue weighted by atomic mass is 10.3. The van der Waals surface area contributed by atoms with Gasteiger partial charge in [-0.2, -0.15) is 9.57 Å². The zero-order valence-electron chi connectivity index (χ0n) is 8.14. The van der Waals surface area contributed by atoms with Crippen LogP contribution in [0.15, 0.2) is 0 Å². The fourth-order valence-electron chi connectivity index (χ4n) is 1.34. The van der Waals surface area contributed by atoms with Gasteiger partial charge in [-0.3, -0.25) is 0 Å². The van der Waals surface area contributed by atoms with Crippen LogP contribution in [0.2, 0.25) is 0 Å². The Kier molecular flexibility index (Phi) is 3.86. The molecule has 1 unspecified atom stereocenters. The van der Waals surface area contributed by atoms with Gasteiger partial charge in [-0.15, -0.1) is 0 Å². The van der Waals surface area contributed by atoms with Crippen molar-refractivity contribution in [2.24, 2.45) is 0 Å². The molecule has 0 spiro atoms. The fraction of sp³-hybridized carbons (Fsp3) is 0.875. The third-order valence-electron chi connectivity index (χ3n) is 2.03. The molecule has 6 heteroatoms. The Morgan fingerprint density at radius 2 is 2.36 bits per heavy atom. The molecule has 1 saturated heterocycles. The van der Waals surface area contributed by atoms with Gasteiger partial charge >= 0.3 is 0 Å². The lowest BCUT2D eigenvalue weighted by Gasteiger charge is -2.28. The van der Waals surface area contributed by atoms with Gasteiger partial charge in [-0.25, -0.2) is 8.42 Å². The summed E-state index contributed by atoms with van der Waals surface area (Å²) < 4.78 is 29.6. The van der Waals surface area contributed by atoms with Gasteiger partial charge in [0.1, 0.15) is 0 Å². The summed E-state index contributed by atoms with van der Waals surface area (Å²) >= 11 is 0. The molecule has 0 N–H and O–H groups in total. The number of ether oxygens (including phenoxy) is 1. The maximum Gasteiger partial charge on any atom is 0.214 e. The molecule has 0 aromatic rings. The Morgan fingerprint density at radius 3 is 2.93 bits per heavy atom. The van der Waals surface area contributed by atoms with Crippen molar-refractivity contribution in [3.63, 3.8) is 0 Å². The second kappa shape index (κ2) is 4.73. The normalized spacial score (nSPS) is 24.4. The van der Waals surface area contributed by atoms with Crippen molar-refractivity contribution in [1.29, 1.82) is 5.26 Å². The molecule has 0 aromatic carbocycles. The summed E-state index contributed by atoms with van der Waals surface area (Å²) in [6, 6.07) is 1.92. The molecule has 5 nitrogen and oxygen atoms in total. The molecule has 1 aliphatic heterocycles. The maximum atomic E-state index is 11.6. The van der Waals surface area contributed by atoms with E-state index >= 15 is 0 Å². The number of morpholine rings is 1. The van der Waals surface area contributed by atoms with Gasteiger partial charge in [0, 0.05) is 6.54 Å². The molecule has 0 radical (unpaired) electrons. The van der Waals surface area contributed by atoms with Gasteiger partial charge in [-0.05, 0) is 6.42 Å². The predicted octanol–water partition coefficient (Wildman–Crippen LogP) is -0.0494. The van der Waals surface area contributed by atoms with Crippen LogP contribution < -0.4 is 0 Å². The number of sulfonamides is 1. The van der Waals surface area contributed by atoms with E-state index in [-0.39, 0.29) is 12.3 Å². The fourth-order valence-corrected chi connectivity index (χ4v) is 2.83. The molecule has 0 aliphatic carbocycles. The third kappa shape index (κ3) is 2.67. The molecule has 0 amide bonds. The Hall–Kier alpha value is -0.640. The lowest BCUT2D eigenvalue weighted by molar-refractivity contribution is 0.0311. The van der Waals surface area contributed by atoms with E-state index in [2.05, 4.69) is 0 Å². The van der Waals surface area contributed by atoms with Crippen LogP contribution in [0.1, 0.15) is 13.3 Å². The molecule has 0 bridgehead atoms. The summed E-state index contributed by atoms with van der Waals surface area (Å²) in [5.74, 6) is 0.144. The van der Waals surface area contributed by atoms with Gasteiger partial charge in [0.15, 0.2) is 6.10 Å². The molecule has 14 heavy (non-hydrogen) atoms. The molecule has 1 aliphatic rings. The van der Waals surface area contributed by atoms with Crippen LogP contribution in [0.5, 0.6) is 0 Å². The molecular formula is C8H14N2O3S. The average molecular weight is 218 g/mol. The van der Waals surface area contributed by atoms with Crippen LogP contribution in [0.25, 0.3) is 0 Å². The largest absolute Gasteiger partial charge is 0.361 e. The van der Waals surface area contributed by atoms with E-state index in [0.717, 1.165) is 0 Å². The predicted molar refractivity (Wildman–Crippen MR) is 51.0 cm³/mol. The smallest absolute Gasteiger partial charge is 0.214 e. The van der Waals surface area contributed by atoms with Gasteiger partial charge in [0.2, 0.25) is 10.0 Å². The molecule has 1 rings (SSSR count). The number of nitriles is 1. The highest BCUT2D eigenvalue weighted by Crippen LogP contribution is 2.10. The second-order valence-corrected chi connectivity index (χ2v) is 5.25. The van der Waals surface area contributed by atoms with E-state index in [9.17, 15) is 8.42 Å². The van der Waals surface area contributed by atoms with Crippen molar-refractivity contribution in [2.75, 3.05) is 25.4 Å². The van der Waals surface area contributed by atoms with Crippen LogP contribution >= 0.6 is 0 Å². The first kappa shape index (κ1) is 11.4. The Bertz CT molecular complexity index is 320. The van der Waals surface area contributed by atoms with Gasteiger partial charge in [-0.1, -0.05) is 6.92 Å². The molecule has 1 atom stereocenters. The van der Waals surface area contributed by atoms with Crippen molar-refractivity contribution in [3.8, 4) is 6.07 Å². The highest BCUT2D eigenvalue weighted by Gasteiger charge is 2.28. The van der Waals surface area contributed by atoms with E-state index in [1.807, 2.05) is 13.0 Å². The minimum absolute atomic E-state index is 0.144. The third-order valence-corrected chi connectivity index (χ3v) is 4.07. The van der Waals surface area contributed by atoms with Crippen molar-refractivity contribution >= 4 is 10.0 Å². The molecule has 0 aromatic heterocycles. The van der Waals surface area contributed by atoms with E-state index in [4.69, 9.17) is 10.00 Å². The summed E-state index contributed by atoms with van der Waals surface area (Å²) in [6.45, 7) is 2.65. The monoisotopic (exact) mass is 218 g/mol. The van der Waals surface area contributed by atoms with Crippen molar-refractivity contribution in [1.82, 2.24) is 4.31 Å². The summed E-state index contributed by atoms with van der Waals surface area (Å²) in [4.78, 5) is 0. The molecule has 1 fully saturated rings. The molecule has 0 saturated carbocycles. The number of nitrogens with zero attached hydrogens (tertiary/aromatic N) is 2. The van der Waals surface area contributed by atoms with Gasteiger partial charge in [0.05, 0.1) is 25.0 Å². The quantitative estimate of drug-likeness (QED) is 0.666. The summed E-state index contributed by atoms with van der Waals surface area (Å²) in [6.07, 6.45) is -0.0212. The van der Waals surface area contributed by atoms with E-state index in [0.29, 0.717) is 19.6 Å². The van der Waals surface area contributed by atoms with Crippen LogP contribution in [0, 0.1) is 11.3 Å². The van der Waals surface area contributed by atoms with Crippen LogP contribution in [0.4, 0.5) is 0 Å². The highest BCUT2D eigenvalue weighted by atomic mass is 32.2. The second-order valence-electron chi connectivity index (χ2n) is 3.16. The van der Waals surface area contributed by atoms with E-state index < -0.39 is 16.1 Å². The highest BCUT2D eigenvalue weighted by molar-refractivity contribution is 7.89. The zero-order chi connectivity index (χ0) is 10.6. The van der Waals surface area contributed by atoms with Crippen LogP contribution in [-0.2, 0) is 14.8 Å². The Morgan fingerprint density at radius 1 is 1.64 bits per heavy atom. The van der Waals surface area contributed by atoms with E-state index in [1.54, 1.807) is 0 Å². The minimum atomic E-state index is -3.17. The standard InChI is InChI=1S/C8H14N2O3S/c1-2-5-14(11,12)10-3-4-13-8(6-9)7-10/h8H,2-5,7H2,1H3. The zero-order valence-corrected chi connectivity index (χ0v) is 8.96. The Balaban J connectivity index is 2.65. The van der Waals surface area contributed by atoms with Crippen LogP contribution in [0.3, 0.4) is 0 Å². The molecule has 1 heterocycles. The first-order chi connectivity index (χ1) is 6.60. The van der Waals surface area contributed by atoms with E-state index in [1.165, 1.54) is 4.31 Å². The average Bonchev–Trinajstić information content (AvgIpc) is 2.18. The summed E-state index contributed by atoms with van der Waals surface area (Å²) in [7, 11) is -3.17. The SMILES string of the molecule is CCCS(=O)(=O)N1CCOC(C#N)C1. The first-order valence-corrected chi connectivity index (χ1v) is 6.20. The maximum absolute atomic E-state index is 11.6. The number of hydrogen-bond donors (Lipinski definition) is 0. The van der Waals surface area contributed by atoms with Crippen LogP contribution in [-0.4, -0.2) is 44.3 Å². The van der Waals surface area contributed by atoms with Crippen molar-refractivity contribution < 1.29 is 13.2 Å². The van der Waals surface area contributed by atoms with Crippen molar-refractivity contribution in [3.05, 3.63) is 0 Å². The summed E-state index contributed by atoms with van der Waals surface area (Å²) in [5.41, 5.74) is 0. The minimum Gasteiger partial charge on any atom is -0.361 e. The summed E-state index contributed by atoms with van der Waals surface area (Å²) in [5, 5.41) is 8.61. The van der Waals surface area contributed by atoms with Gasteiger partial charge < -0.3 is 4.74 Å². The van der Waals surface area contributed by atoms with Crippen molar-refractivity contribution in [2.45, 2.75) is 19.4 Å². The Labute approximate surface area is 84.3 Å². The number of rotatable bonds is 3. The topological polar surface area (TPSA) is 70.4 Å². The number of hydrogen-bond acceptors (Lipinski definition) is 4. The molecule has 80 valence electrons. The first-order valence-electron chi connectivity index (χ1n) is 4.59. The van der Waals surface area contributed by atoms with Gasteiger partial charge in [0.25, 0.3) is 0 Å². The lowest BCUT2D eigenvalue weighted by Crippen LogP contribution is -2.45.